The molecule has 16 heavy (non-hydrogen) atoms. The highest BCUT2D eigenvalue weighted by atomic mass is 31.2. The number of ether oxygens (including phenoxy) is 1. The zero-order valence-electron chi connectivity index (χ0n) is 9.81. The molecule has 2 fully saturated rings. The van der Waals surface area contributed by atoms with E-state index >= 15 is 0 Å². The lowest BCUT2D eigenvalue weighted by Crippen LogP contribution is -2.40. The van der Waals surface area contributed by atoms with Gasteiger partial charge in [0.1, 0.15) is 14.0 Å². The van der Waals surface area contributed by atoms with Crippen molar-refractivity contribution in [2.75, 3.05) is 19.9 Å². The number of halogens is 1. The Morgan fingerprint density at radius 1 is 1.50 bits per heavy atom. The molecule has 2 saturated heterocycles. The van der Waals surface area contributed by atoms with E-state index in [4.69, 9.17) is 13.8 Å². The van der Waals surface area contributed by atoms with Gasteiger partial charge in [-0.1, -0.05) is 6.92 Å². The van der Waals surface area contributed by atoms with Crippen LogP contribution >= 0.6 is 7.60 Å². The fourth-order valence-electron chi connectivity index (χ4n) is 2.41. The first-order valence-electron chi connectivity index (χ1n) is 5.55. The summed E-state index contributed by atoms with van der Waals surface area (Å²) in [6, 6.07) is -0.437. The van der Waals surface area contributed by atoms with Crippen LogP contribution in [0.4, 0.5) is 4.39 Å². The first kappa shape index (κ1) is 12.6. The minimum atomic E-state index is -2.98. The molecule has 2 unspecified atom stereocenters. The summed E-state index contributed by atoms with van der Waals surface area (Å²) in [5, 5.41) is 0. The molecule has 0 aromatic heterocycles. The number of hydrogen-bond donors (Lipinski definition) is 0. The largest absolute Gasteiger partial charge is 0.375 e. The Labute approximate surface area is 95.8 Å². The first-order valence-corrected chi connectivity index (χ1v) is 7.54. The van der Waals surface area contributed by atoms with Gasteiger partial charge in [-0.15, -0.1) is 0 Å². The molecule has 0 saturated carbocycles. The first-order chi connectivity index (χ1) is 7.36. The summed E-state index contributed by atoms with van der Waals surface area (Å²) in [7, 11) is -1.26. The monoisotopic (exact) mass is 250 g/mol. The van der Waals surface area contributed by atoms with Gasteiger partial charge in [-0.2, -0.15) is 0 Å². The highest BCUT2D eigenvalue weighted by molar-refractivity contribution is 7.52. The van der Waals surface area contributed by atoms with Crippen molar-refractivity contribution >= 4 is 15.4 Å². The Bertz CT molecular complexity index is 329. The van der Waals surface area contributed by atoms with Crippen LogP contribution in [-0.2, 0) is 18.3 Å². The van der Waals surface area contributed by atoms with Crippen LogP contribution in [0.5, 0.6) is 0 Å². The summed E-state index contributed by atoms with van der Waals surface area (Å²) in [5.74, 6) is -0.260. The van der Waals surface area contributed by atoms with Crippen molar-refractivity contribution in [3.8, 4) is 0 Å². The van der Waals surface area contributed by atoms with Gasteiger partial charge in [0.2, 0.25) is 0 Å². The third kappa shape index (κ3) is 2.08. The van der Waals surface area contributed by atoms with Gasteiger partial charge < -0.3 is 13.8 Å². The average molecular weight is 250 g/mol. The minimum Gasteiger partial charge on any atom is -0.375 e. The van der Waals surface area contributed by atoms with Crippen LogP contribution in [0.15, 0.2) is 0 Å². The quantitative estimate of drug-likeness (QED) is 0.474. The highest BCUT2D eigenvalue weighted by Gasteiger charge is 2.53. The van der Waals surface area contributed by atoms with Crippen molar-refractivity contribution in [2.24, 2.45) is 5.92 Å². The number of alkyl halides is 1. The van der Waals surface area contributed by atoms with Crippen LogP contribution in [0.1, 0.15) is 13.3 Å². The third-order valence-corrected chi connectivity index (χ3v) is 4.82. The van der Waals surface area contributed by atoms with Gasteiger partial charge in [-0.3, -0.25) is 4.57 Å². The van der Waals surface area contributed by atoms with Crippen molar-refractivity contribution in [1.82, 2.24) is 0 Å². The minimum absolute atomic E-state index is 0.146. The van der Waals surface area contributed by atoms with E-state index in [1.165, 1.54) is 6.66 Å². The molecule has 2 aliphatic heterocycles. The van der Waals surface area contributed by atoms with Crippen molar-refractivity contribution in [3.05, 3.63) is 0 Å². The fourth-order valence-corrected chi connectivity index (χ4v) is 3.36. The van der Waals surface area contributed by atoms with E-state index in [1.807, 2.05) is 6.92 Å². The van der Waals surface area contributed by atoms with Crippen LogP contribution in [0.3, 0.4) is 0 Å². The van der Waals surface area contributed by atoms with Gasteiger partial charge >= 0.3 is 7.60 Å². The Morgan fingerprint density at radius 2 is 2.19 bits per heavy atom. The topological polar surface area (TPSA) is 44.8 Å². The van der Waals surface area contributed by atoms with Crippen LogP contribution in [0.25, 0.3) is 0 Å². The van der Waals surface area contributed by atoms with E-state index < -0.39 is 25.4 Å². The van der Waals surface area contributed by atoms with Gasteiger partial charge in [-0.05, 0) is 0 Å². The molecule has 92 valence electrons. The maximum Gasteiger partial charge on any atom is 0.327 e. The SMILES string of the molecule is B[C@@H]1O[C@@]2(CCOP(C)(=O)OC2)C(C)[C@@H]1F. The molecule has 0 aromatic carbocycles. The second kappa shape index (κ2) is 4.09. The van der Waals surface area contributed by atoms with E-state index in [0.29, 0.717) is 6.42 Å². The maximum absolute atomic E-state index is 13.8. The summed E-state index contributed by atoms with van der Waals surface area (Å²) in [6.07, 6.45) is -0.477. The van der Waals surface area contributed by atoms with Crippen LogP contribution in [0.2, 0.25) is 0 Å². The molecule has 2 heterocycles. The van der Waals surface area contributed by atoms with Gasteiger partial charge in [0, 0.05) is 19.0 Å². The van der Waals surface area contributed by atoms with Gasteiger partial charge in [-0.25, -0.2) is 4.39 Å². The third-order valence-electron chi connectivity index (χ3n) is 3.57. The predicted octanol–water partition coefficient (Wildman–Crippen LogP) is 0.949. The van der Waals surface area contributed by atoms with Gasteiger partial charge in [0.25, 0.3) is 0 Å². The summed E-state index contributed by atoms with van der Waals surface area (Å²) in [5.41, 5.74) is -0.680. The summed E-state index contributed by atoms with van der Waals surface area (Å²) in [4.78, 5) is 0. The lowest BCUT2D eigenvalue weighted by atomic mass is 9.82. The molecule has 0 aromatic rings. The molecule has 7 heteroatoms. The van der Waals surface area contributed by atoms with E-state index in [1.54, 1.807) is 7.85 Å². The van der Waals surface area contributed by atoms with Gasteiger partial charge in [0.05, 0.1) is 24.8 Å². The predicted molar refractivity (Wildman–Crippen MR) is 60.3 cm³/mol. The number of rotatable bonds is 0. The fraction of sp³-hybridized carbons (Fsp3) is 1.00. The Hall–Kier alpha value is 0.105. The molecular formula is C9H17BFO4P. The van der Waals surface area contributed by atoms with E-state index in [2.05, 4.69) is 0 Å². The zero-order valence-corrected chi connectivity index (χ0v) is 10.7. The van der Waals surface area contributed by atoms with E-state index in [9.17, 15) is 8.96 Å². The van der Waals surface area contributed by atoms with E-state index in [0.717, 1.165) is 0 Å². The molecule has 0 aliphatic carbocycles. The van der Waals surface area contributed by atoms with Crippen LogP contribution in [0, 0.1) is 5.92 Å². The Balaban J connectivity index is 2.17. The second-order valence-corrected chi connectivity index (χ2v) is 6.81. The maximum atomic E-state index is 13.8. The summed E-state index contributed by atoms with van der Waals surface area (Å²) >= 11 is 0. The standard InChI is InChI=1S/C9H17BFO4P/c1-6-7(11)8(10)15-9(6)3-4-13-16(2,12)14-5-9/h6-8H,3-5,10H2,1-2H3/t6?,7-,8+,9+,16?/m0/s1. The van der Waals surface area contributed by atoms with E-state index in [-0.39, 0.29) is 19.1 Å². The van der Waals surface area contributed by atoms with Crippen molar-refractivity contribution in [1.29, 1.82) is 0 Å². The second-order valence-electron chi connectivity index (χ2n) is 4.75. The molecule has 2 aliphatic rings. The zero-order chi connectivity index (χ0) is 12.0. The highest BCUT2D eigenvalue weighted by Crippen LogP contribution is 2.51. The molecule has 2 rings (SSSR count). The van der Waals surface area contributed by atoms with Gasteiger partial charge in [0.15, 0.2) is 0 Å². The molecular weight excluding hydrogens is 233 g/mol. The lowest BCUT2D eigenvalue weighted by Gasteiger charge is -2.30. The van der Waals surface area contributed by atoms with Crippen molar-refractivity contribution < 1.29 is 22.7 Å². The molecule has 0 radical (unpaired) electrons. The molecule has 0 N–H and O–H groups in total. The molecule has 1 spiro atoms. The van der Waals surface area contributed by atoms with Crippen molar-refractivity contribution in [2.45, 2.75) is 31.1 Å². The number of hydrogen-bond acceptors (Lipinski definition) is 4. The molecule has 4 nitrogen and oxygen atoms in total. The smallest absolute Gasteiger partial charge is 0.327 e. The average Bonchev–Trinajstić information content (AvgIpc) is 2.37. The molecule has 5 atom stereocenters. The Kier molecular flexibility index (Phi) is 3.21. The lowest BCUT2D eigenvalue weighted by molar-refractivity contribution is -0.0627. The molecule has 0 bridgehead atoms. The molecule has 0 amide bonds. The van der Waals surface area contributed by atoms with Crippen molar-refractivity contribution in [3.63, 3.8) is 0 Å². The Morgan fingerprint density at radius 3 is 2.75 bits per heavy atom. The summed E-state index contributed by atoms with van der Waals surface area (Å²) in [6.45, 7) is 3.68. The van der Waals surface area contributed by atoms with Crippen LogP contribution < -0.4 is 0 Å². The summed E-state index contributed by atoms with van der Waals surface area (Å²) < 4.78 is 41.5. The van der Waals surface area contributed by atoms with Crippen LogP contribution in [-0.4, -0.2) is 45.5 Å². The normalized spacial score (nSPS) is 54.1.